The molecule has 9 heavy (non-hydrogen) atoms. The van der Waals surface area contributed by atoms with E-state index in [0.29, 0.717) is 0 Å². The van der Waals surface area contributed by atoms with Gasteiger partial charge in [0.05, 0.1) is 24.2 Å². The van der Waals surface area contributed by atoms with Crippen LogP contribution in [0.25, 0.3) is 0 Å². The first-order chi connectivity index (χ1) is 3.98. The second-order valence-electron chi connectivity index (χ2n) is 2.53. The van der Waals surface area contributed by atoms with Gasteiger partial charge in [0.1, 0.15) is 0 Å². The highest BCUT2D eigenvalue weighted by atomic mass is 16.3. The minimum atomic E-state index is -1.16. The fourth-order valence-electron chi connectivity index (χ4n) is 0.336. The minimum Gasteiger partial charge on any atom is -0.389 e. The quantitative estimate of drug-likeness (QED) is 0.553. The van der Waals surface area contributed by atoms with Gasteiger partial charge < -0.3 is 10.2 Å². The van der Waals surface area contributed by atoms with E-state index in [1.54, 1.807) is 6.07 Å². The van der Waals surface area contributed by atoms with Crippen LogP contribution in [0.2, 0.25) is 0 Å². The SMILES string of the molecule is CC(C)(O)C(O)CC#N. The van der Waals surface area contributed by atoms with Crippen LogP contribution in [-0.2, 0) is 0 Å². The van der Waals surface area contributed by atoms with Crippen molar-refractivity contribution in [1.82, 2.24) is 0 Å². The molecule has 0 aromatic heterocycles. The molecule has 0 aliphatic rings. The van der Waals surface area contributed by atoms with E-state index >= 15 is 0 Å². The van der Waals surface area contributed by atoms with Crippen molar-refractivity contribution < 1.29 is 10.2 Å². The lowest BCUT2D eigenvalue weighted by Crippen LogP contribution is -2.35. The third kappa shape index (κ3) is 3.07. The van der Waals surface area contributed by atoms with Crippen molar-refractivity contribution in [2.45, 2.75) is 32.0 Å². The molecule has 1 atom stereocenters. The van der Waals surface area contributed by atoms with E-state index in [1.807, 2.05) is 0 Å². The van der Waals surface area contributed by atoms with Gasteiger partial charge in [0.2, 0.25) is 0 Å². The maximum atomic E-state index is 9.02. The summed E-state index contributed by atoms with van der Waals surface area (Å²) in [5, 5.41) is 26.0. The van der Waals surface area contributed by atoms with Crippen molar-refractivity contribution in [1.29, 1.82) is 5.26 Å². The van der Waals surface area contributed by atoms with Crippen LogP contribution in [0.4, 0.5) is 0 Å². The van der Waals surface area contributed by atoms with Crippen molar-refractivity contribution in [2.24, 2.45) is 0 Å². The van der Waals surface area contributed by atoms with Crippen molar-refractivity contribution in [3.05, 3.63) is 0 Å². The molecule has 0 amide bonds. The summed E-state index contributed by atoms with van der Waals surface area (Å²) in [6.07, 6.45) is -0.966. The van der Waals surface area contributed by atoms with Gasteiger partial charge in [-0.25, -0.2) is 0 Å². The molecule has 0 saturated heterocycles. The zero-order chi connectivity index (χ0) is 7.49. The molecule has 3 nitrogen and oxygen atoms in total. The summed E-state index contributed by atoms with van der Waals surface area (Å²) >= 11 is 0. The molecule has 0 fully saturated rings. The molecule has 52 valence electrons. The average molecular weight is 129 g/mol. The summed E-state index contributed by atoms with van der Waals surface area (Å²) in [6.45, 7) is 2.93. The van der Waals surface area contributed by atoms with Crippen molar-refractivity contribution in [2.75, 3.05) is 0 Å². The Morgan fingerprint density at radius 1 is 1.67 bits per heavy atom. The highest BCUT2D eigenvalue weighted by Gasteiger charge is 2.23. The highest BCUT2D eigenvalue weighted by Crippen LogP contribution is 2.10. The van der Waals surface area contributed by atoms with E-state index < -0.39 is 11.7 Å². The number of nitrogens with zero attached hydrogens (tertiary/aromatic N) is 1. The van der Waals surface area contributed by atoms with Crippen LogP contribution in [-0.4, -0.2) is 21.9 Å². The summed E-state index contributed by atoms with van der Waals surface area (Å²) in [7, 11) is 0. The molecule has 3 heteroatoms. The predicted octanol–water partition coefficient (Wildman–Crippen LogP) is 0.0319. The topological polar surface area (TPSA) is 64.2 Å². The molecule has 0 rings (SSSR count). The van der Waals surface area contributed by atoms with E-state index in [9.17, 15) is 0 Å². The van der Waals surface area contributed by atoms with Crippen LogP contribution < -0.4 is 0 Å². The van der Waals surface area contributed by atoms with Gasteiger partial charge in [-0.2, -0.15) is 5.26 Å². The van der Waals surface area contributed by atoms with Gasteiger partial charge in [0.25, 0.3) is 0 Å². The molecule has 0 aliphatic heterocycles. The largest absolute Gasteiger partial charge is 0.389 e. The van der Waals surface area contributed by atoms with Crippen molar-refractivity contribution >= 4 is 0 Å². The van der Waals surface area contributed by atoms with Gasteiger partial charge in [-0.3, -0.25) is 0 Å². The van der Waals surface area contributed by atoms with Crippen molar-refractivity contribution in [3.63, 3.8) is 0 Å². The van der Waals surface area contributed by atoms with E-state index in [-0.39, 0.29) is 6.42 Å². The Kier molecular flexibility index (Phi) is 2.63. The van der Waals surface area contributed by atoms with E-state index in [4.69, 9.17) is 15.5 Å². The lowest BCUT2D eigenvalue weighted by molar-refractivity contribution is -0.0448. The molecule has 0 aromatic rings. The Labute approximate surface area is 54.5 Å². The zero-order valence-electron chi connectivity index (χ0n) is 5.63. The lowest BCUT2D eigenvalue weighted by atomic mass is 10.0. The van der Waals surface area contributed by atoms with E-state index in [1.165, 1.54) is 13.8 Å². The van der Waals surface area contributed by atoms with Gasteiger partial charge in [-0.05, 0) is 13.8 Å². The molecule has 1 unspecified atom stereocenters. The fourth-order valence-corrected chi connectivity index (χ4v) is 0.336. The number of aliphatic hydroxyl groups is 2. The molecular formula is C6H11NO2. The standard InChI is InChI=1S/C6H11NO2/c1-6(2,9)5(8)3-4-7/h5,8-9H,3H2,1-2H3. The maximum Gasteiger partial charge on any atom is 0.0951 e. The average Bonchev–Trinajstić information content (AvgIpc) is 1.64. The number of hydrogen-bond acceptors (Lipinski definition) is 3. The number of aliphatic hydroxyl groups excluding tert-OH is 1. The van der Waals surface area contributed by atoms with Crippen LogP contribution >= 0.6 is 0 Å². The molecular weight excluding hydrogens is 118 g/mol. The maximum absolute atomic E-state index is 9.02. The predicted molar refractivity (Wildman–Crippen MR) is 32.5 cm³/mol. The molecule has 0 bridgehead atoms. The first-order valence-electron chi connectivity index (χ1n) is 2.76. The minimum absolute atomic E-state index is 0.0243. The third-order valence-corrected chi connectivity index (χ3v) is 1.10. The van der Waals surface area contributed by atoms with Gasteiger partial charge >= 0.3 is 0 Å². The lowest BCUT2D eigenvalue weighted by Gasteiger charge is -2.21. The normalized spacial score (nSPS) is 14.6. The second-order valence-corrected chi connectivity index (χ2v) is 2.53. The van der Waals surface area contributed by atoms with Crippen molar-refractivity contribution in [3.8, 4) is 6.07 Å². The van der Waals surface area contributed by atoms with Gasteiger partial charge in [0, 0.05) is 0 Å². The number of rotatable bonds is 2. The Morgan fingerprint density at radius 2 is 2.11 bits per heavy atom. The summed E-state index contributed by atoms with van der Waals surface area (Å²) < 4.78 is 0. The first kappa shape index (κ1) is 8.41. The van der Waals surface area contributed by atoms with Crippen LogP contribution in [0.15, 0.2) is 0 Å². The summed E-state index contributed by atoms with van der Waals surface area (Å²) in [6, 6.07) is 1.76. The molecule has 0 saturated carbocycles. The Balaban J connectivity index is 3.76. The van der Waals surface area contributed by atoms with Gasteiger partial charge in [-0.15, -0.1) is 0 Å². The third-order valence-electron chi connectivity index (χ3n) is 1.10. The Hall–Kier alpha value is -0.590. The van der Waals surface area contributed by atoms with Crippen LogP contribution in [0.3, 0.4) is 0 Å². The number of hydrogen-bond donors (Lipinski definition) is 2. The molecule has 0 aromatic carbocycles. The summed E-state index contributed by atoms with van der Waals surface area (Å²) in [4.78, 5) is 0. The smallest absolute Gasteiger partial charge is 0.0951 e. The van der Waals surface area contributed by atoms with E-state index in [2.05, 4.69) is 0 Å². The second kappa shape index (κ2) is 2.81. The molecule has 0 spiro atoms. The molecule has 0 radical (unpaired) electrons. The summed E-state index contributed by atoms with van der Waals surface area (Å²) in [5.74, 6) is 0. The Bertz CT molecular complexity index is 120. The van der Waals surface area contributed by atoms with Gasteiger partial charge in [0.15, 0.2) is 0 Å². The van der Waals surface area contributed by atoms with Crippen LogP contribution in [0, 0.1) is 11.3 Å². The van der Waals surface area contributed by atoms with Crippen LogP contribution in [0.5, 0.6) is 0 Å². The number of nitriles is 1. The Morgan fingerprint density at radius 3 is 2.22 bits per heavy atom. The van der Waals surface area contributed by atoms with Crippen LogP contribution in [0.1, 0.15) is 20.3 Å². The fraction of sp³-hybridized carbons (Fsp3) is 0.833. The zero-order valence-corrected chi connectivity index (χ0v) is 5.63. The molecule has 2 N–H and O–H groups in total. The molecule has 0 aliphatic carbocycles. The highest BCUT2D eigenvalue weighted by molar-refractivity contribution is 4.84. The monoisotopic (exact) mass is 129 g/mol. The first-order valence-corrected chi connectivity index (χ1v) is 2.76. The summed E-state index contributed by atoms with van der Waals surface area (Å²) in [5.41, 5.74) is -1.16. The van der Waals surface area contributed by atoms with Gasteiger partial charge in [-0.1, -0.05) is 0 Å². The van der Waals surface area contributed by atoms with E-state index in [0.717, 1.165) is 0 Å². The molecule has 0 heterocycles.